The second kappa shape index (κ2) is 7.55. The van der Waals surface area contributed by atoms with Gasteiger partial charge in [0, 0.05) is 31.5 Å². The number of rotatable bonds is 5. The van der Waals surface area contributed by atoms with Crippen molar-refractivity contribution < 1.29 is 39.6 Å². The minimum absolute atomic E-state index is 0.105. The summed E-state index contributed by atoms with van der Waals surface area (Å²) in [7, 11) is -4.65. The van der Waals surface area contributed by atoms with Crippen LogP contribution in [0.25, 0.3) is 0 Å². The van der Waals surface area contributed by atoms with E-state index in [1.54, 1.807) is 4.90 Å². The Morgan fingerprint density at radius 2 is 1.45 bits per heavy atom. The van der Waals surface area contributed by atoms with Crippen LogP contribution in [0.2, 0.25) is 0 Å². The lowest BCUT2D eigenvalue weighted by molar-refractivity contribution is -0.143. The van der Waals surface area contributed by atoms with Gasteiger partial charge in [0.05, 0.1) is 21.6 Å². The number of carbonyl (C=O) groups is 1. The number of aromatic nitrogens is 2. The van der Waals surface area contributed by atoms with Gasteiger partial charge in [-0.15, -0.1) is 0 Å². The highest BCUT2D eigenvalue weighted by Gasteiger charge is 2.57. The third-order valence-electron chi connectivity index (χ3n) is 5.56. The number of hydrogen-bond donors (Lipinski definition) is 2. The Morgan fingerprint density at radius 1 is 0.970 bits per heavy atom. The van der Waals surface area contributed by atoms with E-state index in [4.69, 9.17) is 5.73 Å². The molecule has 1 aliphatic carbocycles. The summed E-state index contributed by atoms with van der Waals surface area (Å²) >= 11 is 0. The van der Waals surface area contributed by atoms with Crippen molar-refractivity contribution in [3.8, 4) is 0 Å². The molecule has 1 aromatic carbocycles. The summed E-state index contributed by atoms with van der Waals surface area (Å²) in [6.45, 7) is 0.619. The second-order valence-corrected chi connectivity index (χ2v) is 9.47. The second-order valence-electron chi connectivity index (χ2n) is 7.76. The third-order valence-corrected chi connectivity index (χ3v) is 7.00. The topological polar surface area (TPSA) is 118 Å². The molecule has 4 rings (SSSR count). The number of nitrogens with one attached hydrogen (secondary N) is 1. The van der Waals surface area contributed by atoms with Crippen molar-refractivity contribution in [3.63, 3.8) is 0 Å². The van der Waals surface area contributed by atoms with Crippen molar-refractivity contribution in [2.75, 3.05) is 18.0 Å². The molecule has 2 aliphatic rings. The maximum absolute atomic E-state index is 13.0. The van der Waals surface area contributed by atoms with Crippen LogP contribution in [0, 0.1) is 11.8 Å². The molecule has 1 aromatic heterocycles. The van der Waals surface area contributed by atoms with E-state index in [2.05, 4.69) is 14.7 Å². The summed E-state index contributed by atoms with van der Waals surface area (Å²) in [5, 5.41) is 0. The molecular formula is C18H15F6N5O3S. The maximum atomic E-state index is 13.0. The lowest BCUT2D eigenvalue weighted by atomic mass is 10.1. The van der Waals surface area contributed by atoms with Crippen molar-refractivity contribution in [3.05, 3.63) is 47.3 Å². The van der Waals surface area contributed by atoms with Crippen LogP contribution in [0.3, 0.4) is 0 Å². The van der Waals surface area contributed by atoms with Gasteiger partial charge in [0.15, 0.2) is 0 Å². The van der Waals surface area contributed by atoms with Gasteiger partial charge < -0.3 is 10.6 Å². The van der Waals surface area contributed by atoms with E-state index < -0.39 is 50.3 Å². The number of amides is 1. The normalized spacial score (nSPS) is 22.8. The summed E-state index contributed by atoms with van der Waals surface area (Å²) < 4.78 is 106. The monoisotopic (exact) mass is 495 g/mol. The zero-order chi connectivity index (χ0) is 24.3. The van der Waals surface area contributed by atoms with E-state index in [0.717, 1.165) is 0 Å². The zero-order valence-corrected chi connectivity index (χ0v) is 17.2. The van der Waals surface area contributed by atoms with Gasteiger partial charge in [-0.25, -0.2) is 23.1 Å². The molecule has 0 bridgehead atoms. The number of benzene rings is 1. The van der Waals surface area contributed by atoms with Gasteiger partial charge in [0.1, 0.15) is 0 Å². The first-order valence-corrected chi connectivity index (χ1v) is 10.8. The Kier molecular flexibility index (Phi) is 5.31. The number of carbonyl (C=O) groups excluding carboxylic acids is 1. The van der Waals surface area contributed by atoms with Crippen LogP contribution in [0.15, 0.2) is 35.5 Å². The molecule has 33 heavy (non-hydrogen) atoms. The highest BCUT2D eigenvalue weighted by molar-refractivity contribution is 7.89. The smallest absolute Gasteiger partial charge is 0.366 e. The standard InChI is InChI=1S/C18H15F6N5O3S/c19-17(20,21)9-1-10(18(22,23)24)3-11(2-9)33(31,32)28-14-12-6-29(7-13(12)14)16-26-4-8(5-27-16)15(25)30/h1-5,12-14,28H,6-7H2,(H2,25,30). The number of primary amides is 1. The van der Waals surface area contributed by atoms with Crippen LogP contribution < -0.4 is 15.4 Å². The number of anilines is 1. The number of fused-ring (bicyclic) bond motifs is 1. The number of alkyl halides is 6. The van der Waals surface area contributed by atoms with Crippen molar-refractivity contribution >= 4 is 21.9 Å². The fourth-order valence-electron chi connectivity index (χ4n) is 3.80. The van der Waals surface area contributed by atoms with E-state index in [1.807, 2.05) is 0 Å². The Morgan fingerprint density at radius 3 is 1.88 bits per heavy atom. The van der Waals surface area contributed by atoms with E-state index in [-0.39, 0.29) is 41.5 Å². The van der Waals surface area contributed by atoms with Crippen molar-refractivity contribution in [1.82, 2.24) is 14.7 Å². The molecule has 1 amide bonds. The predicted octanol–water partition coefficient (Wildman–Crippen LogP) is 2.03. The largest absolute Gasteiger partial charge is 0.416 e. The highest BCUT2D eigenvalue weighted by atomic mass is 32.2. The van der Waals surface area contributed by atoms with Gasteiger partial charge in [-0.1, -0.05) is 0 Å². The zero-order valence-electron chi connectivity index (χ0n) is 16.4. The molecule has 2 unspecified atom stereocenters. The third kappa shape index (κ3) is 4.59. The first kappa shape index (κ1) is 23.2. The molecule has 8 nitrogen and oxygen atoms in total. The van der Waals surface area contributed by atoms with Gasteiger partial charge in [-0.05, 0) is 30.0 Å². The van der Waals surface area contributed by atoms with Crippen molar-refractivity contribution in [1.29, 1.82) is 0 Å². The Hall–Kier alpha value is -2.94. The number of halogens is 6. The van der Waals surface area contributed by atoms with E-state index in [9.17, 15) is 39.6 Å². The van der Waals surface area contributed by atoms with Crippen LogP contribution >= 0.6 is 0 Å². The summed E-state index contributed by atoms with van der Waals surface area (Å²) in [6.07, 6.45) is -7.85. The number of piperidine rings is 1. The SMILES string of the molecule is NC(=O)c1cnc(N2CC3C(C2)C3NS(=O)(=O)c2cc(C(F)(F)F)cc(C(F)(F)F)c2)nc1. The van der Waals surface area contributed by atoms with E-state index in [1.165, 1.54) is 12.4 Å². The first-order valence-electron chi connectivity index (χ1n) is 9.35. The fourth-order valence-corrected chi connectivity index (χ4v) is 5.21. The molecule has 0 spiro atoms. The number of nitrogens with two attached hydrogens (primary N) is 1. The molecule has 2 fully saturated rings. The first-order chi connectivity index (χ1) is 15.2. The van der Waals surface area contributed by atoms with Gasteiger partial charge in [-0.3, -0.25) is 4.79 Å². The molecule has 178 valence electrons. The van der Waals surface area contributed by atoms with E-state index >= 15 is 0 Å². The maximum Gasteiger partial charge on any atom is 0.416 e. The van der Waals surface area contributed by atoms with Crippen LogP contribution in [0.4, 0.5) is 32.3 Å². The van der Waals surface area contributed by atoms with Gasteiger partial charge in [0.25, 0.3) is 5.91 Å². The number of nitrogens with zero attached hydrogens (tertiary/aromatic N) is 3. The minimum Gasteiger partial charge on any atom is -0.366 e. The van der Waals surface area contributed by atoms with Crippen molar-refractivity contribution in [2.24, 2.45) is 17.6 Å². The summed E-state index contributed by atoms with van der Waals surface area (Å²) in [6, 6.07) is -0.432. The van der Waals surface area contributed by atoms with E-state index in [0.29, 0.717) is 13.1 Å². The molecule has 1 saturated carbocycles. The Bertz CT molecular complexity index is 1160. The lowest BCUT2D eigenvalue weighted by Gasteiger charge is -2.20. The summed E-state index contributed by atoms with van der Waals surface area (Å²) in [4.78, 5) is 19.7. The van der Waals surface area contributed by atoms with Crippen molar-refractivity contribution in [2.45, 2.75) is 23.3 Å². The molecule has 15 heteroatoms. The summed E-state index contributed by atoms with van der Waals surface area (Å²) in [5.74, 6) is -0.885. The van der Waals surface area contributed by atoms with Gasteiger partial charge in [0.2, 0.25) is 16.0 Å². The molecule has 1 saturated heterocycles. The van der Waals surface area contributed by atoms with Crippen LogP contribution in [-0.4, -0.2) is 43.4 Å². The molecule has 2 atom stereocenters. The molecule has 0 radical (unpaired) electrons. The minimum atomic E-state index is -5.16. The average Bonchev–Trinajstić information content (AvgIpc) is 3.14. The van der Waals surface area contributed by atoms with Crippen LogP contribution in [0.1, 0.15) is 21.5 Å². The van der Waals surface area contributed by atoms with Crippen LogP contribution in [0.5, 0.6) is 0 Å². The number of sulfonamides is 1. The quantitative estimate of drug-likeness (QED) is 0.613. The molecule has 1 aliphatic heterocycles. The lowest BCUT2D eigenvalue weighted by Crippen LogP contribution is -2.35. The molecular weight excluding hydrogens is 480 g/mol. The molecule has 2 aromatic rings. The number of hydrogen-bond acceptors (Lipinski definition) is 6. The molecule has 3 N–H and O–H groups in total. The Balaban J connectivity index is 1.48. The summed E-state index contributed by atoms with van der Waals surface area (Å²) in [5.41, 5.74) is 1.80. The average molecular weight is 495 g/mol. The predicted molar refractivity (Wildman–Crippen MR) is 100 cm³/mol. The highest BCUT2D eigenvalue weighted by Crippen LogP contribution is 2.47. The fraction of sp³-hybridized carbons (Fsp3) is 0.389. The van der Waals surface area contributed by atoms with Gasteiger partial charge >= 0.3 is 12.4 Å². The van der Waals surface area contributed by atoms with Crippen LogP contribution in [-0.2, 0) is 22.4 Å². The van der Waals surface area contributed by atoms with Gasteiger partial charge in [-0.2, -0.15) is 26.3 Å². The Labute approximate surface area is 182 Å². The molecule has 2 heterocycles.